The molecule has 1 atom stereocenters. The smallest absolute Gasteiger partial charge is 0.327 e. The van der Waals surface area contributed by atoms with Gasteiger partial charge >= 0.3 is 5.97 Å². The van der Waals surface area contributed by atoms with Gasteiger partial charge in [0.1, 0.15) is 6.04 Å². The Kier molecular flexibility index (Phi) is 6.04. The molecule has 0 spiro atoms. The van der Waals surface area contributed by atoms with E-state index in [1.165, 1.54) is 27.2 Å². The van der Waals surface area contributed by atoms with Crippen LogP contribution in [0.2, 0.25) is 0 Å². The second-order valence-electron chi connectivity index (χ2n) is 3.64. The van der Waals surface area contributed by atoms with Crippen LogP contribution in [-0.4, -0.2) is 53.0 Å². The molecule has 0 aliphatic rings. The molecular formula is C11H15N3O5S. The third-order valence-corrected chi connectivity index (χ3v) is 3.07. The van der Waals surface area contributed by atoms with Crippen molar-refractivity contribution in [3.8, 4) is 11.8 Å². The van der Waals surface area contributed by atoms with E-state index in [9.17, 15) is 9.59 Å². The zero-order chi connectivity index (χ0) is 15.1. The first kappa shape index (κ1) is 16.0. The highest BCUT2D eigenvalue weighted by molar-refractivity contribution is 7.99. The summed E-state index contributed by atoms with van der Waals surface area (Å²) in [5, 5.41) is 11.6. The van der Waals surface area contributed by atoms with Gasteiger partial charge in [0.25, 0.3) is 0 Å². The Balaban J connectivity index is 2.76. The number of amides is 1. The van der Waals surface area contributed by atoms with E-state index in [0.29, 0.717) is 16.9 Å². The van der Waals surface area contributed by atoms with Crippen molar-refractivity contribution in [1.29, 1.82) is 0 Å². The lowest BCUT2D eigenvalue weighted by Gasteiger charge is -2.12. The first-order valence-electron chi connectivity index (χ1n) is 5.56. The second kappa shape index (κ2) is 7.53. The van der Waals surface area contributed by atoms with E-state index in [1.54, 1.807) is 0 Å². The summed E-state index contributed by atoms with van der Waals surface area (Å²) in [6.07, 6.45) is 0. The Morgan fingerprint density at radius 1 is 1.35 bits per heavy atom. The molecule has 1 rings (SSSR count). The average Bonchev–Trinajstić information content (AvgIpc) is 2.42. The van der Waals surface area contributed by atoms with Crippen molar-refractivity contribution in [3.05, 3.63) is 6.07 Å². The third kappa shape index (κ3) is 4.92. The molecule has 20 heavy (non-hydrogen) atoms. The standard InChI is InChI=1S/C11H15N3O5S/c1-6(15)12-7(10(16)17)5-20-11-13-8(18-2)4-9(14-11)19-3/h4,7H,5H2,1-3H3,(H,12,15)(H,16,17)/t7-/m0/s1. The number of carboxylic acid groups (broad SMARTS) is 1. The van der Waals surface area contributed by atoms with Gasteiger partial charge in [0.2, 0.25) is 17.7 Å². The Bertz CT molecular complexity index is 475. The summed E-state index contributed by atoms with van der Waals surface area (Å²) in [6.45, 7) is 1.26. The number of carbonyl (C=O) groups excluding carboxylic acids is 1. The maximum atomic E-state index is 11.0. The molecule has 2 N–H and O–H groups in total. The normalized spacial score (nSPS) is 11.6. The molecule has 0 saturated carbocycles. The van der Waals surface area contributed by atoms with Gasteiger partial charge in [-0.15, -0.1) is 0 Å². The van der Waals surface area contributed by atoms with Crippen LogP contribution in [0.4, 0.5) is 0 Å². The largest absolute Gasteiger partial charge is 0.481 e. The number of carboxylic acids is 1. The molecule has 0 radical (unpaired) electrons. The number of thioether (sulfide) groups is 1. The number of nitrogens with one attached hydrogen (secondary N) is 1. The molecule has 0 unspecified atom stereocenters. The van der Waals surface area contributed by atoms with Crippen molar-refractivity contribution in [3.63, 3.8) is 0 Å². The lowest BCUT2D eigenvalue weighted by molar-refractivity contribution is -0.140. The summed E-state index contributed by atoms with van der Waals surface area (Å²) in [6, 6.07) is 0.491. The van der Waals surface area contributed by atoms with E-state index < -0.39 is 17.9 Å². The molecule has 0 fully saturated rings. The highest BCUT2D eigenvalue weighted by Gasteiger charge is 2.19. The zero-order valence-corrected chi connectivity index (χ0v) is 12.1. The number of aromatic nitrogens is 2. The fourth-order valence-corrected chi connectivity index (χ4v) is 2.09. The minimum Gasteiger partial charge on any atom is -0.481 e. The van der Waals surface area contributed by atoms with Gasteiger partial charge < -0.3 is 19.9 Å². The molecule has 0 bridgehead atoms. The SMILES string of the molecule is COc1cc(OC)nc(SC[C@H](NC(C)=O)C(=O)O)n1. The van der Waals surface area contributed by atoms with E-state index >= 15 is 0 Å². The third-order valence-electron chi connectivity index (χ3n) is 2.13. The summed E-state index contributed by atoms with van der Waals surface area (Å²) in [7, 11) is 2.90. The van der Waals surface area contributed by atoms with E-state index in [4.69, 9.17) is 14.6 Å². The summed E-state index contributed by atoms with van der Waals surface area (Å²) < 4.78 is 9.97. The first-order chi connectivity index (χ1) is 9.46. The summed E-state index contributed by atoms with van der Waals surface area (Å²) in [5.41, 5.74) is 0. The number of carbonyl (C=O) groups is 2. The number of hydrogen-bond acceptors (Lipinski definition) is 7. The maximum absolute atomic E-state index is 11.0. The lowest BCUT2D eigenvalue weighted by Crippen LogP contribution is -2.41. The van der Waals surface area contributed by atoms with Crippen molar-refractivity contribution in [2.75, 3.05) is 20.0 Å². The molecule has 0 aliphatic heterocycles. The number of nitrogens with zero attached hydrogens (tertiary/aromatic N) is 2. The van der Waals surface area contributed by atoms with E-state index in [-0.39, 0.29) is 5.75 Å². The predicted molar refractivity (Wildman–Crippen MR) is 71.1 cm³/mol. The maximum Gasteiger partial charge on any atom is 0.327 e. The van der Waals surface area contributed by atoms with Crippen LogP contribution in [-0.2, 0) is 9.59 Å². The van der Waals surface area contributed by atoms with E-state index in [0.717, 1.165) is 11.8 Å². The predicted octanol–water partition coefficient (Wildman–Crippen LogP) is 0.175. The van der Waals surface area contributed by atoms with Crippen LogP contribution in [0.3, 0.4) is 0 Å². The monoisotopic (exact) mass is 301 g/mol. The van der Waals surface area contributed by atoms with Crippen LogP contribution in [0.1, 0.15) is 6.92 Å². The van der Waals surface area contributed by atoms with Crippen LogP contribution >= 0.6 is 11.8 Å². The van der Waals surface area contributed by atoms with Crippen LogP contribution in [0.5, 0.6) is 11.8 Å². The molecule has 1 aromatic rings. The zero-order valence-electron chi connectivity index (χ0n) is 11.2. The van der Waals surface area contributed by atoms with Gasteiger partial charge in [0, 0.05) is 12.7 Å². The Hall–Kier alpha value is -2.03. The van der Waals surface area contributed by atoms with Crippen LogP contribution in [0, 0.1) is 0 Å². The van der Waals surface area contributed by atoms with Gasteiger partial charge in [0.15, 0.2) is 5.16 Å². The van der Waals surface area contributed by atoms with Crippen LogP contribution in [0.25, 0.3) is 0 Å². The minimum atomic E-state index is -1.12. The quantitative estimate of drug-likeness (QED) is 0.542. The Labute approximate surface area is 119 Å². The second-order valence-corrected chi connectivity index (χ2v) is 4.62. The molecule has 0 aromatic carbocycles. The highest BCUT2D eigenvalue weighted by atomic mass is 32.2. The van der Waals surface area contributed by atoms with Gasteiger partial charge in [-0.25, -0.2) is 4.79 Å². The van der Waals surface area contributed by atoms with Gasteiger partial charge in [-0.3, -0.25) is 4.79 Å². The number of aliphatic carboxylic acids is 1. The molecule has 1 amide bonds. The molecule has 8 nitrogen and oxygen atoms in total. The number of ether oxygens (including phenoxy) is 2. The minimum absolute atomic E-state index is 0.0885. The fourth-order valence-electron chi connectivity index (χ4n) is 1.24. The van der Waals surface area contributed by atoms with Gasteiger partial charge in [-0.2, -0.15) is 9.97 Å². The van der Waals surface area contributed by atoms with Crippen molar-refractivity contribution >= 4 is 23.6 Å². The number of rotatable bonds is 7. The molecular weight excluding hydrogens is 286 g/mol. The molecule has 1 aromatic heterocycles. The molecule has 0 aliphatic carbocycles. The van der Waals surface area contributed by atoms with Gasteiger partial charge in [-0.1, -0.05) is 11.8 Å². The van der Waals surface area contributed by atoms with Gasteiger partial charge in [0.05, 0.1) is 20.3 Å². The van der Waals surface area contributed by atoms with E-state index in [1.807, 2.05) is 0 Å². The van der Waals surface area contributed by atoms with Crippen molar-refractivity contribution in [1.82, 2.24) is 15.3 Å². The number of methoxy groups -OCH3 is 2. The van der Waals surface area contributed by atoms with Crippen molar-refractivity contribution in [2.45, 2.75) is 18.1 Å². The molecule has 9 heteroatoms. The Morgan fingerprint density at radius 3 is 2.30 bits per heavy atom. The average molecular weight is 301 g/mol. The van der Waals surface area contributed by atoms with Crippen molar-refractivity contribution in [2.24, 2.45) is 0 Å². The first-order valence-corrected chi connectivity index (χ1v) is 6.54. The van der Waals surface area contributed by atoms with Crippen LogP contribution < -0.4 is 14.8 Å². The van der Waals surface area contributed by atoms with Crippen molar-refractivity contribution < 1.29 is 24.2 Å². The molecule has 0 saturated heterocycles. The molecule has 110 valence electrons. The lowest BCUT2D eigenvalue weighted by atomic mass is 10.3. The van der Waals surface area contributed by atoms with Crippen LogP contribution in [0.15, 0.2) is 11.2 Å². The Morgan fingerprint density at radius 2 is 1.90 bits per heavy atom. The topological polar surface area (TPSA) is 111 Å². The summed E-state index contributed by atoms with van der Waals surface area (Å²) in [4.78, 5) is 30.0. The summed E-state index contributed by atoms with van der Waals surface area (Å²) in [5.74, 6) is -0.827. The fraction of sp³-hybridized carbons (Fsp3) is 0.455. The number of hydrogen-bond donors (Lipinski definition) is 2. The highest BCUT2D eigenvalue weighted by Crippen LogP contribution is 2.22. The molecule has 1 heterocycles. The summed E-state index contributed by atoms with van der Waals surface area (Å²) >= 11 is 1.08. The van der Waals surface area contributed by atoms with E-state index in [2.05, 4.69) is 15.3 Å². The van der Waals surface area contributed by atoms with Gasteiger partial charge in [-0.05, 0) is 0 Å².